The first-order valence-electron chi connectivity index (χ1n) is 9.69. The summed E-state index contributed by atoms with van der Waals surface area (Å²) in [5, 5.41) is 5.62. The summed E-state index contributed by atoms with van der Waals surface area (Å²) >= 11 is 0. The highest BCUT2D eigenvalue weighted by Gasteiger charge is 2.21. The normalized spacial score (nSPS) is 10.7. The molecule has 0 atom stereocenters. The van der Waals surface area contributed by atoms with Crippen LogP contribution in [0.3, 0.4) is 0 Å². The minimum absolute atomic E-state index is 0.0885. The van der Waals surface area contributed by atoms with Crippen LogP contribution in [-0.2, 0) is 0 Å². The van der Waals surface area contributed by atoms with Gasteiger partial charge in [0, 0.05) is 24.0 Å². The van der Waals surface area contributed by atoms with E-state index in [4.69, 9.17) is 0 Å². The van der Waals surface area contributed by atoms with Gasteiger partial charge in [0.2, 0.25) is 5.82 Å². The first kappa shape index (κ1) is 20.3. The van der Waals surface area contributed by atoms with Gasteiger partial charge in [0.1, 0.15) is 0 Å². The predicted octanol–water partition coefficient (Wildman–Crippen LogP) is 3.71. The van der Waals surface area contributed by atoms with Crippen LogP contribution >= 0.6 is 0 Å². The zero-order valence-electron chi connectivity index (χ0n) is 16.6. The van der Waals surface area contributed by atoms with Crippen LogP contribution in [-0.4, -0.2) is 33.5 Å². The van der Waals surface area contributed by atoms with E-state index in [1.54, 1.807) is 53.1 Å². The van der Waals surface area contributed by atoms with Crippen molar-refractivity contribution < 1.29 is 14.4 Å². The van der Waals surface area contributed by atoms with Gasteiger partial charge in [-0.25, -0.2) is 4.98 Å². The molecule has 2 N–H and O–H groups in total. The molecule has 0 radical (unpaired) electrons. The summed E-state index contributed by atoms with van der Waals surface area (Å²) in [5.41, 5.74) is 1.76. The number of unbranched alkanes of at least 4 members (excludes halogenated alkanes) is 2. The number of carbonyl (C=O) groups is 3. The molecule has 0 fully saturated rings. The number of imidazole rings is 1. The lowest BCUT2D eigenvalue weighted by Crippen LogP contribution is -2.25. The number of benzene rings is 1. The molecule has 3 aromatic rings. The predicted molar refractivity (Wildman–Crippen MR) is 111 cm³/mol. The molecule has 2 amide bonds. The van der Waals surface area contributed by atoms with Crippen molar-refractivity contribution in [2.24, 2.45) is 0 Å². The number of hydrogen-bond donors (Lipinski definition) is 2. The molecule has 2 heterocycles. The number of aromatic nitrogens is 2. The molecule has 7 heteroatoms. The molecule has 2 aromatic heterocycles. The Morgan fingerprint density at radius 2 is 1.86 bits per heavy atom. The Morgan fingerprint density at radius 3 is 2.62 bits per heavy atom. The molecule has 0 saturated carbocycles. The van der Waals surface area contributed by atoms with Crippen molar-refractivity contribution in [1.82, 2.24) is 14.7 Å². The lowest BCUT2D eigenvalue weighted by Gasteiger charge is -2.05. The number of ketones is 1. The van der Waals surface area contributed by atoms with Crippen LogP contribution in [0.25, 0.3) is 5.52 Å². The number of amides is 2. The minimum Gasteiger partial charge on any atom is -0.351 e. The van der Waals surface area contributed by atoms with Crippen LogP contribution in [0, 0.1) is 0 Å². The van der Waals surface area contributed by atoms with Crippen LogP contribution < -0.4 is 10.6 Å². The van der Waals surface area contributed by atoms with Crippen LogP contribution in [0.1, 0.15) is 64.6 Å². The lowest BCUT2D eigenvalue weighted by atomic mass is 10.1. The van der Waals surface area contributed by atoms with Gasteiger partial charge in [-0.3, -0.25) is 18.8 Å². The molecule has 0 aliphatic rings. The Labute approximate surface area is 169 Å². The molecule has 0 bridgehead atoms. The highest BCUT2D eigenvalue weighted by Crippen LogP contribution is 2.16. The summed E-state index contributed by atoms with van der Waals surface area (Å²) in [5.74, 6) is -0.749. The van der Waals surface area contributed by atoms with Gasteiger partial charge in [0.25, 0.3) is 11.8 Å². The van der Waals surface area contributed by atoms with Crippen molar-refractivity contribution in [2.45, 2.75) is 33.1 Å². The van der Waals surface area contributed by atoms with Gasteiger partial charge in [-0.15, -0.1) is 0 Å². The van der Waals surface area contributed by atoms with E-state index >= 15 is 0 Å². The van der Waals surface area contributed by atoms with Crippen LogP contribution in [0.2, 0.25) is 0 Å². The van der Waals surface area contributed by atoms with E-state index in [-0.39, 0.29) is 23.2 Å². The van der Waals surface area contributed by atoms with Gasteiger partial charge in [0.05, 0.1) is 5.52 Å². The molecule has 0 saturated heterocycles. The van der Waals surface area contributed by atoms with Gasteiger partial charge in [-0.1, -0.05) is 38.0 Å². The maximum Gasteiger partial charge on any atom is 0.292 e. The number of anilines is 1. The number of nitrogens with one attached hydrogen (secondary N) is 2. The molecular formula is C22H24N4O3. The van der Waals surface area contributed by atoms with Crippen LogP contribution in [0.15, 0.2) is 48.7 Å². The second-order valence-electron chi connectivity index (χ2n) is 6.79. The number of rotatable bonds is 8. The van der Waals surface area contributed by atoms with Crippen LogP contribution in [0.5, 0.6) is 0 Å². The first-order valence-corrected chi connectivity index (χ1v) is 9.69. The molecule has 3 rings (SSSR count). The van der Waals surface area contributed by atoms with Crippen molar-refractivity contribution >= 4 is 28.8 Å². The zero-order valence-corrected chi connectivity index (χ0v) is 16.6. The van der Waals surface area contributed by atoms with Crippen molar-refractivity contribution in [3.05, 3.63) is 65.7 Å². The summed E-state index contributed by atoms with van der Waals surface area (Å²) in [6.07, 6.45) is 4.70. The summed E-state index contributed by atoms with van der Waals surface area (Å²) in [6.45, 7) is 4.13. The second kappa shape index (κ2) is 9.14. The third kappa shape index (κ3) is 4.68. The minimum atomic E-state index is -0.461. The molecule has 1 aromatic carbocycles. The largest absolute Gasteiger partial charge is 0.351 e. The fourth-order valence-electron chi connectivity index (χ4n) is 3.03. The summed E-state index contributed by atoms with van der Waals surface area (Å²) in [6, 6.07) is 12.0. The number of hydrogen-bond acceptors (Lipinski definition) is 4. The molecule has 0 aliphatic heterocycles. The molecule has 150 valence electrons. The molecule has 0 spiro atoms. The SMILES string of the molecule is CCCCCNC(=O)c1nc(C(=O)Nc2cccc(C(C)=O)c2)n2ccccc12. The van der Waals surface area contributed by atoms with E-state index in [0.717, 1.165) is 19.3 Å². The summed E-state index contributed by atoms with van der Waals surface area (Å²) in [4.78, 5) is 41.3. The molecule has 7 nitrogen and oxygen atoms in total. The van der Waals surface area contributed by atoms with Gasteiger partial charge in [-0.2, -0.15) is 0 Å². The molecular weight excluding hydrogens is 368 g/mol. The molecule has 29 heavy (non-hydrogen) atoms. The number of pyridine rings is 1. The first-order chi connectivity index (χ1) is 14.0. The summed E-state index contributed by atoms with van der Waals surface area (Å²) in [7, 11) is 0. The monoisotopic (exact) mass is 392 g/mol. The zero-order chi connectivity index (χ0) is 20.8. The Morgan fingerprint density at radius 1 is 1.03 bits per heavy atom. The Hall–Kier alpha value is -3.48. The Kier molecular flexibility index (Phi) is 6.39. The maximum absolute atomic E-state index is 12.8. The number of fused-ring (bicyclic) bond motifs is 1. The number of carbonyl (C=O) groups excluding carboxylic acids is 3. The van der Waals surface area contributed by atoms with E-state index in [1.165, 1.54) is 6.92 Å². The van der Waals surface area contributed by atoms with Crippen molar-refractivity contribution in [2.75, 3.05) is 11.9 Å². The van der Waals surface area contributed by atoms with Crippen molar-refractivity contribution in [3.63, 3.8) is 0 Å². The highest BCUT2D eigenvalue weighted by molar-refractivity contribution is 6.06. The number of nitrogens with zero attached hydrogens (tertiary/aromatic N) is 2. The Balaban J connectivity index is 1.86. The van der Waals surface area contributed by atoms with E-state index in [9.17, 15) is 14.4 Å². The highest BCUT2D eigenvalue weighted by atomic mass is 16.2. The average Bonchev–Trinajstić information content (AvgIpc) is 3.11. The third-order valence-electron chi connectivity index (χ3n) is 4.56. The fourth-order valence-corrected chi connectivity index (χ4v) is 3.03. The van der Waals surface area contributed by atoms with E-state index in [1.807, 2.05) is 0 Å². The molecule has 0 unspecified atom stereocenters. The Bertz CT molecular complexity index is 1060. The van der Waals surface area contributed by atoms with E-state index in [2.05, 4.69) is 22.5 Å². The van der Waals surface area contributed by atoms with Gasteiger partial charge in [0.15, 0.2) is 11.5 Å². The van der Waals surface area contributed by atoms with Gasteiger partial charge < -0.3 is 10.6 Å². The fraction of sp³-hybridized carbons (Fsp3) is 0.273. The van der Waals surface area contributed by atoms with Crippen LogP contribution in [0.4, 0.5) is 5.69 Å². The smallest absolute Gasteiger partial charge is 0.292 e. The number of Topliss-reactive ketones (excluding diaryl/α,β-unsaturated/α-hetero) is 1. The third-order valence-corrected chi connectivity index (χ3v) is 4.56. The maximum atomic E-state index is 12.8. The van der Waals surface area contributed by atoms with Gasteiger partial charge in [-0.05, 0) is 37.6 Å². The average molecular weight is 392 g/mol. The quantitative estimate of drug-likeness (QED) is 0.451. The van der Waals surface area contributed by atoms with Crippen molar-refractivity contribution in [1.29, 1.82) is 0 Å². The lowest BCUT2D eigenvalue weighted by molar-refractivity contribution is 0.0949. The van der Waals surface area contributed by atoms with E-state index in [0.29, 0.717) is 23.3 Å². The molecule has 0 aliphatic carbocycles. The topological polar surface area (TPSA) is 92.6 Å². The van der Waals surface area contributed by atoms with Gasteiger partial charge >= 0.3 is 0 Å². The second-order valence-corrected chi connectivity index (χ2v) is 6.79. The standard InChI is InChI=1S/C22H24N4O3/c1-3-4-6-12-23-21(28)19-18-11-5-7-13-26(18)20(25-19)22(29)24-17-10-8-9-16(14-17)15(2)27/h5,7-11,13-14H,3-4,6,12H2,1-2H3,(H,23,28)(H,24,29). The van der Waals surface area contributed by atoms with E-state index < -0.39 is 5.91 Å². The summed E-state index contributed by atoms with van der Waals surface area (Å²) < 4.78 is 1.59. The van der Waals surface area contributed by atoms with Crippen molar-refractivity contribution in [3.8, 4) is 0 Å².